The van der Waals surface area contributed by atoms with Crippen molar-refractivity contribution in [2.24, 2.45) is 40.9 Å². The standard InChI is InChI=1S/C19H32/c1-3-4-11-19(2)12-15-9-10-16(19)18-14-7-5-13(6-8-14)17(15)18/h13-18H,3-12H2,1-2H3. The summed E-state index contributed by atoms with van der Waals surface area (Å²) < 4.78 is 0. The molecule has 0 amide bonds. The minimum atomic E-state index is 0.734. The molecule has 0 radical (unpaired) electrons. The van der Waals surface area contributed by atoms with Crippen LogP contribution in [0, 0.1) is 40.9 Å². The molecule has 108 valence electrons. The van der Waals surface area contributed by atoms with Crippen LogP contribution in [0.2, 0.25) is 0 Å². The van der Waals surface area contributed by atoms with Crippen LogP contribution in [0.3, 0.4) is 0 Å². The van der Waals surface area contributed by atoms with E-state index in [2.05, 4.69) is 13.8 Å². The van der Waals surface area contributed by atoms with Crippen molar-refractivity contribution in [3.05, 3.63) is 0 Å². The van der Waals surface area contributed by atoms with E-state index in [4.69, 9.17) is 0 Å². The first-order chi connectivity index (χ1) is 9.23. The Morgan fingerprint density at radius 1 is 0.842 bits per heavy atom. The van der Waals surface area contributed by atoms with Gasteiger partial charge in [0.1, 0.15) is 0 Å². The van der Waals surface area contributed by atoms with Crippen molar-refractivity contribution in [1.82, 2.24) is 0 Å². The molecule has 0 aromatic heterocycles. The molecule has 0 aromatic rings. The Kier molecular flexibility index (Phi) is 3.01. The maximum absolute atomic E-state index is 2.68. The summed E-state index contributed by atoms with van der Waals surface area (Å²) in [5.41, 5.74) is 0.734. The molecule has 0 heterocycles. The van der Waals surface area contributed by atoms with Crippen molar-refractivity contribution >= 4 is 0 Å². The second-order valence-corrected chi connectivity index (χ2v) is 8.74. The predicted molar refractivity (Wildman–Crippen MR) is 80.9 cm³/mol. The van der Waals surface area contributed by atoms with Crippen molar-refractivity contribution in [1.29, 1.82) is 0 Å². The Labute approximate surface area is 119 Å². The average molecular weight is 260 g/mol. The highest BCUT2D eigenvalue weighted by atomic mass is 14.6. The normalized spacial score (nSPS) is 55.3. The van der Waals surface area contributed by atoms with Crippen LogP contribution in [0.25, 0.3) is 0 Å². The lowest BCUT2D eigenvalue weighted by atomic mass is 9.39. The van der Waals surface area contributed by atoms with Gasteiger partial charge in [-0.15, -0.1) is 0 Å². The van der Waals surface area contributed by atoms with E-state index >= 15 is 0 Å². The Hall–Kier alpha value is 0. The van der Waals surface area contributed by atoms with E-state index in [1.165, 1.54) is 31.1 Å². The number of unbranched alkanes of at least 4 members (excludes halogenated alkanes) is 1. The second-order valence-electron chi connectivity index (χ2n) is 8.74. The molecule has 0 spiro atoms. The predicted octanol–water partition coefficient (Wildman–Crippen LogP) is 5.67. The van der Waals surface area contributed by atoms with Gasteiger partial charge < -0.3 is 0 Å². The molecule has 5 unspecified atom stereocenters. The summed E-state index contributed by atoms with van der Waals surface area (Å²) >= 11 is 0. The summed E-state index contributed by atoms with van der Waals surface area (Å²) in [6.07, 6.45) is 15.6. The minimum absolute atomic E-state index is 0.734. The van der Waals surface area contributed by atoms with Crippen LogP contribution >= 0.6 is 0 Å². The summed E-state index contributed by atoms with van der Waals surface area (Å²) in [4.78, 5) is 0. The third-order valence-electron chi connectivity index (χ3n) is 7.93. The van der Waals surface area contributed by atoms with Crippen molar-refractivity contribution in [2.75, 3.05) is 0 Å². The fourth-order valence-electron chi connectivity index (χ4n) is 7.29. The first-order valence-corrected chi connectivity index (χ1v) is 9.23. The molecule has 4 bridgehead atoms. The summed E-state index contributed by atoms with van der Waals surface area (Å²) in [5.74, 6) is 6.89. The van der Waals surface area contributed by atoms with Crippen molar-refractivity contribution < 1.29 is 0 Å². The number of hydrogen-bond acceptors (Lipinski definition) is 0. The maximum Gasteiger partial charge on any atom is -0.0292 e. The SMILES string of the molecule is CCCCC1(C)CC2CCC1C1C3CCC(CC3)C21. The largest absolute Gasteiger partial charge is 0.0654 e. The molecule has 6 rings (SSSR count). The Balaban J connectivity index is 1.62. The van der Waals surface area contributed by atoms with Gasteiger partial charge in [-0.25, -0.2) is 0 Å². The van der Waals surface area contributed by atoms with Gasteiger partial charge in [0.05, 0.1) is 0 Å². The Morgan fingerprint density at radius 3 is 2.16 bits per heavy atom. The van der Waals surface area contributed by atoms with Gasteiger partial charge in [-0.2, -0.15) is 0 Å². The van der Waals surface area contributed by atoms with E-state index < -0.39 is 0 Å². The molecular formula is C19H32. The molecule has 19 heavy (non-hydrogen) atoms. The second kappa shape index (κ2) is 4.50. The monoisotopic (exact) mass is 260 g/mol. The molecule has 0 heteroatoms. The summed E-state index contributed by atoms with van der Waals surface area (Å²) in [7, 11) is 0. The van der Waals surface area contributed by atoms with Crippen LogP contribution in [-0.2, 0) is 0 Å². The van der Waals surface area contributed by atoms with Gasteiger partial charge in [0.2, 0.25) is 0 Å². The third-order valence-corrected chi connectivity index (χ3v) is 7.93. The molecule has 6 aliphatic rings. The Bertz CT molecular complexity index is 338. The van der Waals surface area contributed by atoms with Crippen LogP contribution in [0.4, 0.5) is 0 Å². The molecule has 0 N–H and O–H groups in total. The summed E-state index contributed by atoms with van der Waals surface area (Å²) in [6.45, 7) is 5.05. The van der Waals surface area contributed by atoms with Gasteiger partial charge >= 0.3 is 0 Å². The molecular weight excluding hydrogens is 228 g/mol. The fraction of sp³-hybridized carbons (Fsp3) is 1.00. The molecule has 6 fully saturated rings. The smallest absolute Gasteiger partial charge is 0.0292 e. The van der Waals surface area contributed by atoms with Gasteiger partial charge in [-0.1, -0.05) is 26.7 Å². The fourth-order valence-corrected chi connectivity index (χ4v) is 7.29. The minimum Gasteiger partial charge on any atom is -0.0654 e. The summed E-state index contributed by atoms with van der Waals surface area (Å²) in [6, 6.07) is 0. The molecule has 5 atom stereocenters. The van der Waals surface area contributed by atoms with Crippen LogP contribution < -0.4 is 0 Å². The zero-order chi connectivity index (χ0) is 13.0. The van der Waals surface area contributed by atoms with Gasteiger partial charge in [0.15, 0.2) is 0 Å². The highest BCUT2D eigenvalue weighted by Crippen LogP contribution is 2.67. The molecule has 0 aromatic carbocycles. The third kappa shape index (κ3) is 1.77. The van der Waals surface area contributed by atoms with E-state index in [9.17, 15) is 0 Å². The molecule has 6 saturated carbocycles. The van der Waals surface area contributed by atoms with Gasteiger partial charge in [-0.3, -0.25) is 0 Å². The van der Waals surface area contributed by atoms with E-state index in [0.717, 1.165) is 29.1 Å². The van der Waals surface area contributed by atoms with Crippen LogP contribution in [0.5, 0.6) is 0 Å². The molecule has 6 aliphatic carbocycles. The lowest BCUT2D eigenvalue weighted by Crippen LogP contribution is -2.58. The van der Waals surface area contributed by atoms with E-state index in [-0.39, 0.29) is 0 Å². The van der Waals surface area contributed by atoms with Crippen LogP contribution in [0.15, 0.2) is 0 Å². The quantitative estimate of drug-likeness (QED) is 0.613. The van der Waals surface area contributed by atoms with E-state index in [0.29, 0.717) is 0 Å². The van der Waals surface area contributed by atoms with Crippen molar-refractivity contribution in [2.45, 2.75) is 78.1 Å². The van der Waals surface area contributed by atoms with Crippen molar-refractivity contribution in [3.8, 4) is 0 Å². The number of rotatable bonds is 3. The molecule has 0 nitrogen and oxygen atoms in total. The lowest BCUT2D eigenvalue weighted by molar-refractivity contribution is -0.165. The topological polar surface area (TPSA) is 0 Å². The van der Waals surface area contributed by atoms with Gasteiger partial charge in [0, 0.05) is 0 Å². The lowest BCUT2D eigenvalue weighted by Gasteiger charge is -2.66. The van der Waals surface area contributed by atoms with Crippen LogP contribution in [-0.4, -0.2) is 0 Å². The molecule has 0 aliphatic heterocycles. The molecule has 0 saturated heterocycles. The van der Waals surface area contributed by atoms with Crippen LogP contribution in [0.1, 0.15) is 78.1 Å². The Morgan fingerprint density at radius 2 is 1.47 bits per heavy atom. The van der Waals surface area contributed by atoms with Gasteiger partial charge in [-0.05, 0) is 92.3 Å². The first kappa shape index (κ1) is 12.7. The number of fused-ring (bicyclic) bond motifs is 4. The highest BCUT2D eigenvalue weighted by Gasteiger charge is 2.59. The van der Waals surface area contributed by atoms with E-state index in [1.807, 2.05) is 0 Å². The zero-order valence-corrected chi connectivity index (χ0v) is 13.0. The maximum atomic E-state index is 2.68. The average Bonchev–Trinajstić information content (AvgIpc) is 2.47. The highest BCUT2D eigenvalue weighted by molar-refractivity contribution is 5.08. The van der Waals surface area contributed by atoms with E-state index in [1.54, 1.807) is 44.9 Å². The zero-order valence-electron chi connectivity index (χ0n) is 13.0. The van der Waals surface area contributed by atoms with Crippen molar-refractivity contribution in [3.63, 3.8) is 0 Å². The number of hydrogen-bond donors (Lipinski definition) is 0. The summed E-state index contributed by atoms with van der Waals surface area (Å²) in [5, 5.41) is 0. The van der Waals surface area contributed by atoms with Gasteiger partial charge in [0.25, 0.3) is 0 Å². The first-order valence-electron chi connectivity index (χ1n) is 9.23.